The summed E-state index contributed by atoms with van der Waals surface area (Å²) >= 11 is 0. The number of benzene rings is 1. The van der Waals surface area contributed by atoms with Crippen molar-refractivity contribution >= 4 is 5.97 Å². The fourth-order valence-electron chi connectivity index (χ4n) is 1.78. The average Bonchev–Trinajstić information content (AvgIpc) is 2.37. The van der Waals surface area contributed by atoms with Crippen LogP contribution in [0.5, 0.6) is 0 Å². The number of hydrogen-bond donors (Lipinski definition) is 1. The first kappa shape index (κ1) is 12.2. The fourth-order valence-corrected chi connectivity index (χ4v) is 1.78. The van der Waals surface area contributed by atoms with Crippen molar-refractivity contribution in [2.45, 2.75) is 12.3 Å². The van der Waals surface area contributed by atoms with Gasteiger partial charge in [-0.15, -0.1) is 0 Å². The molecular weight excluding hydrogens is 235 g/mol. The molecule has 1 aromatic carbocycles. The number of halogens is 1. The van der Waals surface area contributed by atoms with Crippen LogP contribution in [0.2, 0.25) is 0 Å². The highest BCUT2D eigenvalue weighted by atomic mass is 19.1. The predicted octanol–water partition coefficient (Wildman–Crippen LogP) is 2.22. The van der Waals surface area contributed by atoms with Crippen molar-refractivity contribution in [2.24, 2.45) is 0 Å². The Balaban J connectivity index is 2.40. The average molecular weight is 246 g/mol. The molecule has 0 amide bonds. The van der Waals surface area contributed by atoms with E-state index in [4.69, 9.17) is 5.11 Å². The molecule has 5 heteroatoms. The lowest BCUT2D eigenvalue weighted by atomic mass is 9.93. The topological polar surface area (TPSA) is 63.1 Å². The molecule has 0 radical (unpaired) electrons. The molecular formula is C13H11FN2O2. The van der Waals surface area contributed by atoms with Gasteiger partial charge in [-0.25, -0.2) is 4.39 Å². The summed E-state index contributed by atoms with van der Waals surface area (Å²) in [6.45, 7) is 0. The molecule has 0 spiro atoms. The van der Waals surface area contributed by atoms with Gasteiger partial charge in [-0.05, 0) is 17.7 Å². The number of aliphatic carboxylic acids is 1. The number of nitrogens with zero attached hydrogens (tertiary/aromatic N) is 2. The second-order valence-corrected chi connectivity index (χ2v) is 3.84. The minimum Gasteiger partial charge on any atom is -0.481 e. The quantitative estimate of drug-likeness (QED) is 0.898. The van der Waals surface area contributed by atoms with Gasteiger partial charge in [0.15, 0.2) is 0 Å². The molecule has 2 rings (SSSR count). The summed E-state index contributed by atoms with van der Waals surface area (Å²) in [4.78, 5) is 18.9. The smallest absolute Gasteiger partial charge is 0.304 e. The Morgan fingerprint density at radius 3 is 2.83 bits per heavy atom. The van der Waals surface area contributed by atoms with E-state index in [-0.39, 0.29) is 6.42 Å². The largest absolute Gasteiger partial charge is 0.481 e. The van der Waals surface area contributed by atoms with Gasteiger partial charge in [0.25, 0.3) is 0 Å². The first-order valence-corrected chi connectivity index (χ1v) is 5.40. The molecule has 1 atom stereocenters. The second kappa shape index (κ2) is 5.35. The Morgan fingerprint density at radius 2 is 2.22 bits per heavy atom. The lowest BCUT2D eigenvalue weighted by molar-refractivity contribution is -0.137. The normalized spacial score (nSPS) is 12.1. The SMILES string of the molecule is O=C(O)CC(c1cccc(F)c1)c1cnccn1. The second-order valence-electron chi connectivity index (χ2n) is 3.84. The van der Waals surface area contributed by atoms with Crippen LogP contribution in [-0.2, 0) is 4.79 Å². The van der Waals surface area contributed by atoms with Crippen LogP contribution in [0.25, 0.3) is 0 Å². The molecule has 0 fully saturated rings. The van der Waals surface area contributed by atoms with Crippen molar-refractivity contribution in [1.82, 2.24) is 9.97 Å². The van der Waals surface area contributed by atoms with Gasteiger partial charge in [-0.1, -0.05) is 12.1 Å². The van der Waals surface area contributed by atoms with Crippen LogP contribution in [0.4, 0.5) is 4.39 Å². The van der Waals surface area contributed by atoms with E-state index in [2.05, 4.69) is 9.97 Å². The Kier molecular flexibility index (Phi) is 3.62. The molecule has 0 aliphatic rings. The Labute approximate surface area is 103 Å². The summed E-state index contributed by atoms with van der Waals surface area (Å²) in [6, 6.07) is 5.88. The van der Waals surface area contributed by atoms with E-state index in [1.54, 1.807) is 12.1 Å². The van der Waals surface area contributed by atoms with Crippen molar-refractivity contribution in [1.29, 1.82) is 0 Å². The molecule has 18 heavy (non-hydrogen) atoms. The summed E-state index contributed by atoms with van der Waals surface area (Å²) in [5, 5.41) is 8.93. The Morgan fingerprint density at radius 1 is 1.39 bits per heavy atom. The molecule has 2 aromatic rings. The predicted molar refractivity (Wildman–Crippen MR) is 62.5 cm³/mol. The maximum atomic E-state index is 13.2. The van der Waals surface area contributed by atoms with Gasteiger partial charge in [0.2, 0.25) is 0 Å². The Bertz CT molecular complexity index is 546. The van der Waals surface area contributed by atoms with Crippen molar-refractivity contribution in [3.63, 3.8) is 0 Å². The van der Waals surface area contributed by atoms with Crippen LogP contribution < -0.4 is 0 Å². The van der Waals surface area contributed by atoms with E-state index in [0.29, 0.717) is 11.3 Å². The number of hydrogen-bond acceptors (Lipinski definition) is 3. The number of carbonyl (C=O) groups is 1. The lowest BCUT2D eigenvalue weighted by Crippen LogP contribution is -2.10. The Hall–Kier alpha value is -2.30. The van der Waals surface area contributed by atoms with Gasteiger partial charge in [0.1, 0.15) is 5.82 Å². The third-order valence-electron chi connectivity index (χ3n) is 2.57. The molecule has 1 heterocycles. The molecule has 1 N–H and O–H groups in total. The van der Waals surface area contributed by atoms with Gasteiger partial charge in [-0.2, -0.15) is 0 Å². The van der Waals surface area contributed by atoms with E-state index < -0.39 is 17.7 Å². The summed E-state index contributed by atoms with van der Waals surface area (Å²) in [6.07, 6.45) is 4.34. The summed E-state index contributed by atoms with van der Waals surface area (Å²) < 4.78 is 13.2. The number of carboxylic acid groups (broad SMARTS) is 1. The van der Waals surface area contributed by atoms with E-state index in [0.717, 1.165) is 0 Å². The maximum Gasteiger partial charge on any atom is 0.304 e. The zero-order valence-electron chi connectivity index (χ0n) is 9.45. The van der Waals surface area contributed by atoms with Gasteiger partial charge in [0, 0.05) is 24.5 Å². The van der Waals surface area contributed by atoms with Gasteiger partial charge >= 0.3 is 5.97 Å². The van der Waals surface area contributed by atoms with Crippen molar-refractivity contribution in [3.05, 3.63) is 59.9 Å². The van der Waals surface area contributed by atoms with E-state index >= 15 is 0 Å². The summed E-state index contributed by atoms with van der Waals surface area (Å²) in [5.74, 6) is -1.85. The molecule has 1 aromatic heterocycles. The molecule has 4 nitrogen and oxygen atoms in total. The lowest BCUT2D eigenvalue weighted by Gasteiger charge is -2.14. The van der Waals surface area contributed by atoms with Crippen LogP contribution >= 0.6 is 0 Å². The fraction of sp³-hybridized carbons (Fsp3) is 0.154. The van der Waals surface area contributed by atoms with Gasteiger partial charge < -0.3 is 5.11 Å². The van der Waals surface area contributed by atoms with E-state index in [9.17, 15) is 9.18 Å². The minimum absolute atomic E-state index is 0.151. The van der Waals surface area contributed by atoms with Crippen LogP contribution in [-0.4, -0.2) is 21.0 Å². The molecule has 0 aliphatic carbocycles. The highest BCUT2D eigenvalue weighted by molar-refractivity contribution is 5.68. The monoisotopic (exact) mass is 246 g/mol. The third kappa shape index (κ3) is 2.88. The first-order valence-electron chi connectivity index (χ1n) is 5.40. The minimum atomic E-state index is -0.963. The molecule has 92 valence electrons. The number of carboxylic acids is 1. The molecule has 0 saturated heterocycles. The van der Waals surface area contributed by atoms with Crippen molar-refractivity contribution in [3.8, 4) is 0 Å². The van der Waals surface area contributed by atoms with E-state index in [1.165, 1.54) is 30.7 Å². The van der Waals surface area contributed by atoms with Crippen molar-refractivity contribution in [2.75, 3.05) is 0 Å². The third-order valence-corrected chi connectivity index (χ3v) is 2.57. The number of rotatable bonds is 4. The maximum absolute atomic E-state index is 13.2. The molecule has 0 bridgehead atoms. The van der Waals surface area contributed by atoms with Gasteiger partial charge in [0.05, 0.1) is 12.1 Å². The van der Waals surface area contributed by atoms with Crippen LogP contribution in [0, 0.1) is 5.82 Å². The van der Waals surface area contributed by atoms with Crippen LogP contribution in [0.1, 0.15) is 23.6 Å². The zero-order chi connectivity index (χ0) is 13.0. The molecule has 1 unspecified atom stereocenters. The summed E-state index contributed by atoms with van der Waals surface area (Å²) in [5.41, 5.74) is 1.10. The zero-order valence-corrected chi connectivity index (χ0v) is 9.45. The molecule has 0 saturated carbocycles. The van der Waals surface area contributed by atoms with Crippen LogP contribution in [0.3, 0.4) is 0 Å². The summed E-state index contributed by atoms with van der Waals surface area (Å²) in [7, 11) is 0. The highest BCUT2D eigenvalue weighted by Crippen LogP contribution is 2.26. The van der Waals surface area contributed by atoms with Crippen LogP contribution in [0.15, 0.2) is 42.9 Å². The first-order chi connectivity index (χ1) is 8.66. The van der Waals surface area contributed by atoms with E-state index in [1.807, 2.05) is 0 Å². The standard InChI is InChI=1S/C13H11FN2O2/c14-10-3-1-2-9(6-10)11(7-13(17)18)12-8-15-4-5-16-12/h1-6,8,11H,7H2,(H,17,18). The highest BCUT2D eigenvalue weighted by Gasteiger charge is 2.19. The molecule has 0 aliphatic heterocycles. The van der Waals surface area contributed by atoms with Gasteiger partial charge in [-0.3, -0.25) is 14.8 Å². The number of aromatic nitrogens is 2. The van der Waals surface area contributed by atoms with Crippen molar-refractivity contribution < 1.29 is 14.3 Å².